The largest absolute Gasteiger partial charge is 0.466 e. The van der Waals surface area contributed by atoms with Crippen molar-refractivity contribution in [3.63, 3.8) is 0 Å². The Labute approximate surface area is 81.0 Å². The molecule has 0 rings (SSSR count). The fourth-order valence-electron chi connectivity index (χ4n) is 1.31. The van der Waals surface area contributed by atoms with Gasteiger partial charge in [-0.2, -0.15) is 0 Å². The minimum absolute atomic E-state index is 0.111. The van der Waals surface area contributed by atoms with Gasteiger partial charge in [-0.05, 0) is 33.6 Å². The molecule has 2 heteroatoms. The van der Waals surface area contributed by atoms with Crippen LogP contribution in [0.25, 0.3) is 0 Å². The van der Waals surface area contributed by atoms with Crippen LogP contribution in [0.2, 0.25) is 0 Å². The third-order valence-corrected chi connectivity index (χ3v) is 2.24. The summed E-state index contributed by atoms with van der Waals surface area (Å²) in [6, 6.07) is 0. The van der Waals surface area contributed by atoms with Crippen LogP contribution in [0.1, 0.15) is 40.5 Å². The molecule has 0 aromatic rings. The van der Waals surface area contributed by atoms with E-state index in [2.05, 4.69) is 6.58 Å². The predicted molar refractivity (Wildman–Crippen MR) is 54.5 cm³/mol. The number of ether oxygens (including phenoxy) is 1. The van der Waals surface area contributed by atoms with Crippen molar-refractivity contribution < 1.29 is 9.53 Å². The van der Waals surface area contributed by atoms with Gasteiger partial charge >= 0.3 is 5.97 Å². The second-order valence-corrected chi connectivity index (χ2v) is 3.77. The first-order chi connectivity index (χ1) is 5.96. The first-order valence-corrected chi connectivity index (χ1v) is 4.78. The molecule has 0 fully saturated rings. The van der Waals surface area contributed by atoms with E-state index in [9.17, 15) is 4.79 Å². The van der Waals surface area contributed by atoms with E-state index in [-0.39, 0.29) is 11.4 Å². The highest BCUT2D eigenvalue weighted by Gasteiger charge is 2.32. The summed E-state index contributed by atoms with van der Waals surface area (Å²) < 4.78 is 5.02. The average molecular weight is 184 g/mol. The highest BCUT2D eigenvalue weighted by atomic mass is 16.5. The van der Waals surface area contributed by atoms with Gasteiger partial charge in [0, 0.05) is 0 Å². The van der Waals surface area contributed by atoms with Crippen LogP contribution in [0.5, 0.6) is 0 Å². The van der Waals surface area contributed by atoms with Gasteiger partial charge in [0.15, 0.2) is 0 Å². The second-order valence-electron chi connectivity index (χ2n) is 3.77. The second kappa shape index (κ2) is 5.05. The molecule has 0 heterocycles. The van der Waals surface area contributed by atoms with Crippen LogP contribution in [0, 0.1) is 5.41 Å². The van der Waals surface area contributed by atoms with Crippen molar-refractivity contribution in [1.29, 1.82) is 0 Å². The van der Waals surface area contributed by atoms with Crippen LogP contribution in [-0.4, -0.2) is 12.6 Å². The molecule has 0 aliphatic heterocycles. The number of carbonyl (C=O) groups is 1. The maximum absolute atomic E-state index is 11.6. The first-order valence-electron chi connectivity index (χ1n) is 4.78. The number of rotatable bonds is 5. The van der Waals surface area contributed by atoms with Crippen LogP contribution >= 0.6 is 0 Å². The van der Waals surface area contributed by atoms with Crippen LogP contribution in [0.4, 0.5) is 0 Å². The van der Waals surface area contributed by atoms with E-state index in [4.69, 9.17) is 4.74 Å². The Morgan fingerprint density at radius 3 is 2.31 bits per heavy atom. The summed E-state index contributed by atoms with van der Waals surface area (Å²) in [6.07, 6.45) is 1.50. The normalized spacial score (nSPS) is 14.8. The van der Waals surface area contributed by atoms with Crippen molar-refractivity contribution in [2.45, 2.75) is 40.5 Å². The SMILES string of the molecule is C=C(C)CC(C)(CC)C(=O)OCC. The number of hydrogen-bond acceptors (Lipinski definition) is 2. The summed E-state index contributed by atoms with van der Waals surface area (Å²) in [5, 5.41) is 0. The highest BCUT2D eigenvalue weighted by molar-refractivity contribution is 5.76. The number of allylic oxidation sites excluding steroid dienone is 1. The zero-order chi connectivity index (χ0) is 10.5. The summed E-state index contributed by atoms with van der Waals surface area (Å²) >= 11 is 0. The average Bonchev–Trinajstić information content (AvgIpc) is 2.03. The van der Waals surface area contributed by atoms with Gasteiger partial charge in [0.05, 0.1) is 12.0 Å². The molecule has 0 amide bonds. The van der Waals surface area contributed by atoms with E-state index in [0.717, 1.165) is 12.0 Å². The van der Waals surface area contributed by atoms with Gasteiger partial charge in [-0.3, -0.25) is 4.79 Å². The van der Waals surface area contributed by atoms with Crippen LogP contribution in [0.15, 0.2) is 12.2 Å². The summed E-state index contributed by atoms with van der Waals surface area (Å²) in [5.74, 6) is -0.111. The van der Waals surface area contributed by atoms with E-state index in [0.29, 0.717) is 13.0 Å². The van der Waals surface area contributed by atoms with Crippen molar-refractivity contribution in [3.05, 3.63) is 12.2 Å². The molecule has 76 valence electrons. The van der Waals surface area contributed by atoms with Gasteiger partial charge in [-0.25, -0.2) is 0 Å². The van der Waals surface area contributed by atoms with E-state index >= 15 is 0 Å². The lowest BCUT2D eigenvalue weighted by Crippen LogP contribution is -2.29. The van der Waals surface area contributed by atoms with Crippen LogP contribution in [-0.2, 0) is 9.53 Å². The van der Waals surface area contributed by atoms with Crippen molar-refractivity contribution in [3.8, 4) is 0 Å². The molecule has 0 aromatic heterocycles. The molecule has 0 radical (unpaired) electrons. The lowest BCUT2D eigenvalue weighted by molar-refractivity contribution is -0.154. The molecule has 1 unspecified atom stereocenters. The molecule has 0 aliphatic rings. The Morgan fingerprint density at radius 1 is 1.46 bits per heavy atom. The molecular weight excluding hydrogens is 164 g/mol. The van der Waals surface area contributed by atoms with Crippen LogP contribution in [0.3, 0.4) is 0 Å². The fraction of sp³-hybridized carbons (Fsp3) is 0.727. The topological polar surface area (TPSA) is 26.3 Å². The molecule has 0 spiro atoms. The highest BCUT2D eigenvalue weighted by Crippen LogP contribution is 2.30. The molecule has 0 bridgehead atoms. The molecule has 0 saturated heterocycles. The molecule has 0 aliphatic carbocycles. The monoisotopic (exact) mass is 184 g/mol. The lowest BCUT2D eigenvalue weighted by Gasteiger charge is -2.25. The Bertz CT molecular complexity index is 196. The third-order valence-electron chi connectivity index (χ3n) is 2.24. The van der Waals surface area contributed by atoms with Crippen LogP contribution < -0.4 is 0 Å². The van der Waals surface area contributed by atoms with Gasteiger partial charge < -0.3 is 4.74 Å². The standard InChI is InChI=1S/C11H20O2/c1-6-11(5,8-9(3)4)10(12)13-7-2/h3,6-8H2,1-2,4-5H3. The maximum atomic E-state index is 11.6. The zero-order valence-electron chi connectivity index (χ0n) is 9.14. The summed E-state index contributed by atoms with van der Waals surface area (Å²) in [5.41, 5.74) is 0.638. The molecule has 0 N–H and O–H groups in total. The lowest BCUT2D eigenvalue weighted by atomic mass is 9.82. The first kappa shape index (κ1) is 12.2. The molecule has 2 nitrogen and oxygen atoms in total. The van der Waals surface area contributed by atoms with E-state index in [1.165, 1.54) is 0 Å². The fourth-order valence-corrected chi connectivity index (χ4v) is 1.31. The van der Waals surface area contributed by atoms with Crippen molar-refractivity contribution in [1.82, 2.24) is 0 Å². The Balaban J connectivity index is 4.42. The number of carbonyl (C=O) groups excluding carboxylic acids is 1. The van der Waals surface area contributed by atoms with Gasteiger partial charge in [0.1, 0.15) is 0 Å². The number of esters is 1. The minimum atomic E-state index is -0.387. The summed E-state index contributed by atoms with van der Waals surface area (Å²) in [6.45, 7) is 12.0. The Morgan fingerprint density at radius 2 is 2.00 bits per heavy atom. The summed E-state index contributed by atoms with van der Waals surface area (Å²) in [7, 11) is 0. The van der Waals surface area contributed by atoms with Crippen molar-refractivity contribution >= 4 is 5.97 Å². The molecule has 0 saturated carbocycles. The van der Waals surface area contributed by atoms with Crippen molar-refractivity contribution in [2.24, 2.45) is 5.41 Å². The minimum Gasteiger partial charge on any atom is -0.466 e. The quantitative estimate of drug-likeness (QED) is 0.485. The zero-order valence-corrected chi connectivity index (χ0v) is 9.14. The summed E-state index contributed by atoms with van der Waals surface area (Å²) in [4.78, 5) is 11.6. The predicted octanol–water partition coefficient (Wildman–Crippen LogP) is 2.93. The molecule has 13 heavy (non-hydrogen) atoms. The van der Waals surface area contributed by atoms with Gasteiger partial charge in [0.25, 0.3) is 0 Å². The maximum Gasteiger partial charge on any atom is 0.312 e. The van der Waals surface area contributed by atoms with E-state index < -0.39 is 0 Å². The van der Waals surface area contributed by atoms with E-state index in [1.807, 2.05) is 27.7 Å². The third kappa shape index (κ3) is 3.62. The van der Waals surface area contributed by atoms with Gasteiger partial charge in [0.2, 0.25) is 0 Å². The molecular formula is C11H20O2. The smallest absolute Gasteiger partial charge is 0.312 e. The number of hydrogen-bond donors (Lipinski definition) is 0. The van der Waals surface area contributed by atoms with E-state index in [1.54, 1.807) is 0 Å². The van der Waals surface area contributed by atoms with Crippen molar-refractivity contribution in [2.75, 3.05) is 6.61 Å². The Hall–Kier alpha value is -0.790. The Kier molecular flexibility index (Phi) is 4.74. The van der Waals surface area contributed by atoms with Gasteiger partial charge in [-0.15, -0.1) is 6.58 Å². The molecule has 1 atom stereocenters. The molecule has 0 aromatic carbocycles. The van der Waals surface area contributed by atoms with Gasteiger partial charge in [-0.1, -0.05) is 12.5 Å².